The van der Waals surface area contributed by atoms with Gasteiger partial charge >= 0.3 is 0 Å². The molecule has 1 saturated heterocycles. The fourth-order valence-corrected chi connectivity index (χ4v) is 2.93. The van der Waals surface area contributed by atoms with Crippen molar-refractivity contribution >= 4 is 5.96 Å². The lowest BCUT2D eigenvalue weighted by Gasteiger charge is -2.26. The molecule has 0 aromatic heterocycles. The van der Waals surface area contributed by atoms with E-state index >= 15 is 0 Å². The smallest absolute Gasteiger partial charge is 0.191 e. The molecule has 2 N–H and O–H groups in total. The van der Waals surface area contributed by atoms with Crippen LogP contribution in [0.15, 0.2) is 23.2 Å². The van der Waals surface area contributed by atoms with E-state index < -0.39 is 0 Å². The summed E-state index contributed by atoms with van der Waals surface area (Å²) in [7, 11) is 3.33. The van der Waals surface area contributed by atoms with Crippen molar-refractivity contribution in [2.45, 2.75) is 32.4 Å². The molecule has 24 heavy (non-hydrogen) atoms. The van der Waals surface area contributed by atoms with Crippen molar-refractivity contribution in [2.75, 3.05) is 40.3 Å². The SMILES string of the molecule is CN=C(NCCN1CCCCC1)NCc1ccc(F)c(COC)c1. The van der Waals surface area contributed by atoms with Gasteiger partial charge in [-0.05, 0) is 43.6 Å². The van der Waals surface area contributed by atoms with Gasteiger partial charge in [0.05, 0.1) is 6.61 Å². The molecule has 134 valence electrons. The minimum atomic E-state index is -0.232. The summed E-state index contributed by atoms with van der Waals surface area (Å²) in [6, 6.07) is 5.09. The van der Waals surface area contributed by atoms with Crippen LogP contribution in [0, 0.1) is 5.82 Å². The number of likely N-dealkylation sites (tertiary alicyclic amines) is 1. The average molecular weight is 336 g/mol. The maximum atomic E-state index is 13.6. The first-order chi connectivity index (χ1) is 11.7. The molecule has 0 amide bonds. The Morgan fingerprint density at radius 3 is 2.75 bits per heavy atom. The largest absolute Gasteiger partial charge is 0.380 e. The number of methoxy groups -OCH3 is 1. The molecule has 0 atom stereocenters. The lowest BCUT2D eigenvalue weighted by Crippen LogP contribution is -2.42. The van der Waals surface area contributed by atoms with E-state index in [1.54, 1.807) is 20.2 Å². The number of benzene rings is 1. The highest BCUT2D eigenvalue weighted by Crippen LogP contribution is 2.11. The number of aliphatic imine (C=N–C) groups is 1. The van der Waals surface area contributed by atoms with Gasteiger partial charge in [0, 0.05) is 39.4 Å². The molecule has 1 aromatic carbocycles. The Hall–Kier alpha value is -1.66. The molecule has 6 heteroatoms. The topological polar surface area (TPSA) is 48.9 Å². The minimum absolute atomic E-state index is 0.232. The molecule has 1 aliphatic heterocycles. The van der Waals surface area contributed by atoms with E-state index in [1.807, 2.05) is 6.07 Å². The maximum absolute atomic E-state index is 13.6. The van der Waals surface area contributed by atoms with Crippen LogP contribution in [0.25, 0.3) is 0 Å². The van der Waals surface area contributed by atoms with Crippen molar-refractivity contribution in [3.05, 3.63) is 35.1 Å². The predicted molar refractivity (Wildman–Crippen MR) is 95.6 cm³/mol. The fourth-order valence-electron chi connectivity index (χ4n) is 2.93. The number of ether oxygens (including phenoxy) is 1. The molecular weight excluding hydrogens is 307 g/mol. The number of guanidine groups is 1. The van der Waals surface area contributed by atoms with Crippen LogP contribution in [0.4, 0.5) is 4.39 Å². The second-order valence-electron chi connectivity index (χ2n) is 6.11. The third-order valence-corrected chi connectivity index (χ3v) is 4.26. The van der Waals surface area contributed by atoms with Crippen LogP contribution >= 0.6 is 0 Å². The van der Waals surface area contributed by atoms with Crippen LogP contribution in [0.1, 0.15) is 30.4 Å². The first kappa shape index (κ1) is 18.7. The van der Waals surface area contributed by atoms with Crippen LogP contribution in [0.3, 0.4) is 0 Å². The Balaban J connectivity index is 1.75. The highest BCUT2D eigenvalue weighted by molar-refractivity contribution is 5.79. The molecule has 1 fully saturated rings. The summed E-state index contributed by atoms with van der Waals surface area (Å²) >= 11 is 0. The molecule has 2 rings (SSSR count). The van der Waals surface area contributed by atoms with Crippen LogP contribution in [0.5, 0.6) is 0 Å². The first-order valence-electron chi connectivity index (χ1n) is 8.66. The molecule has 0 saturated carbocycles. The number of hydrogen-bond donors (Lipinski definition) is 2. The van der Waals surface area contributed by atoms with Gasteiger partial charge in [-0.2, -0.15) is 0 Å². The zero-order valence-electron chi connectivity index (χ0n) is 14.8. The quantitative estimate of drug-likeness (QED) is 0.592. The van der Waals surface area contributed by atoms with E-state index in [1.165, 1.54) is 38.4 Å². The molecule has 0 spiro atoms. The third kappa shape index (κ3) is 6.09. The third-order valence-electron chi connectivity index (χ3n) is 4.26. The van der Waals surface area contributed by atoms with Gasteiger partial charge in [-0.25, -0.2) is 4.39 Å². The summed E-state index contributed by atoms with van der Waals surface area (Å²) in [5.74, 6) is 0.536. The molecule has 1 heterocycles. The molecular formula is C18H29FN4O. The Morgan fingerprint density at radius 2 is 2.04 bits per heavy atom. The second kappa shape index (κ2) is 10.3. The molecule has 0 unspecified atom stereocenters. The van der Waals surface area contributed by atoms with Gasteiger partial charge in [0.15, 0.2) is 5.96 Å². The Bertz CT molecular complexity index is 530. The number of piperidine rings is 1. The van der Waals surface area contributed by atoms with Crippen molar-refractivity contribution in [1.29, 1.82) is 0 Å². The molecule has 5 nitrogen and oxygen atoms in total. The van der Waals surface area contributed by atoms with Crippen molar-refractivity contribution in [3.8, 4) is 0 Å². The van der Waals surface area contributed by atoms with E-state index in [4.69, 9.17) is 4.74 Å². The van der Waals surface area contributed by atoms with Crippen molar-refractivity contribution in [1.82, 2.24) is 15.5 Å². The van der Waals surface area contributed by atoms with E-state index in [9.17, 15) is 4.39 Å². The normalized spacial score (nSPS) is 16.2. The van der Waals surface area contributed by atoms with Gasteiger partial charge in [-0.1, -0.05) is 12.5 Å². The van der Waals surface area contributed by atoms with Crippen LogP contribution in [-0.2, 0) is 17.9 Å². The van der Waals surface area contributed by atoms with Crippen molar-refractivity contribution in [2.24, 2.45) is 4.99 Å². The summed E-state index contributed by atoms with van der Waals surface area (Å²) in [5, 5.41) is 6.61. The summed E-state index contributed by atoms with van der Waals surface area (Å²) in [6.07, 6.45) is 3.97. The Kier molecular flexibility index (Phi) is 7.98. The Labute approximate surface area is 144 Å². The summed E-state index contributed by atoms with van der Waals surface area (Å²) in [6.45, 7) is 5.19. The van der Waals surface area contributed by atoms with Gasteiger partial charge in [0.2, 0.25) is 0 Å². The fraction of sp³-hybridized carbons (Fsp3) is 0.611. The maximum Gasteiger partial charge on any atom is 0.191 e. The van der Waals surface area contributed by atoms with Crippen molar-refractivity contribution in [3.63, 3.8) is 0 Å². The minimum Gasteiger partial charge on any atom is -0.380 e. The predicted octanol–water partition coefficient (Wildman–Crippen LogP) is 2.12. The summed E-state index contributed by atoms with van der Waals surface area (Å²) in [5.41, 5.74) is 1.58. The lowest BCUT2D eigenvalue weighted by atomic mass is 10.1. The Morgan fingerprint density at radius 1 is 1.25 bits per heavy atom. The molecule has 0 radical (unpaired) electrons. The molecule has 1 aliphatic rings. The van der Waals surface area contributed by atoms with Crippen LogP contribution < -0.4 is 10.6 Å². The van der Waals surface area contributed by atoms with Gasteiger partial charge in [-0.15, -0.1) is 0 Å². The number of nitrogens with zero attached hydrogens (tertiary/aromatic N) is 2. The standard InChI is InChI=1S/C18H29FN4O/c1-20-18(21-8-11-23-9-4-3-5-10-23)22-13-15-6-7-17(19)16(12-15)14-24-2/h6-7,12H,3-5,8-11,13-14H2,1-2H3,(H2,20,21,22). The number of hydrogen-bond acceptors (Lipinski definition) is 3. The number of nitrogens with one attached hydrogen (secondary N) is 2. The summed E-state index contributed by atoms with van der Waals surface area (Å²) < 4.78 is 18.6. The highest BCUT2D eigenvalue weighted by atomic mass is 19.1. The molecule has 1 aromatic rings. The van der Waals surface area contributed by atoms with Gasteiger partial charge < -0.3 is 20.3 Å². The highest BCUT2D eigenvalue weighted by Gasteiger charge is 2.09. The number of halogens is 1. The number of rotatable bonds is 7. The lowest BCUT2D eigenvalue weighted by molar-refractivity contribution is 0.181. The molecule has 0 bridgehead atoms. The zero-order chi connectivity index (χ0) is 17.2. The zero-order valence-corrected chi connectivity index (χ0v) is 14.8. The van der Waals surface area contributed by atoms with Crippen molar-refractivity contribution < 1.29 is 9.13 Å². The van der Waals surface area contributed by atoms with E-state index in [2.05, 4.69) is 20.5 Å². The van der Waals surface area contributed by atoms with E-state index in [-0.39, 0.29) is 12.4 Å². The average Bonchev–Trinajstić information content (AvgIpc) is 2.61. The second-order valence-corrected chi connectivity index (χ2v) is 6.11. The van der Waals surface area contributed by atoms with Crippen LogP contribution in [0.2, 0.25) is 0 Å². The van der Waals surface area contributed by atoms with Crippen LogP contribution in [-0.4, -0.2) is 51.2 Å². The summed E-state index contributed by atoms with van der Waals surface area (Å²) in [4.78, 5) is 6.73. The molecule has 0 aliphatic carbocycles. The monoisotopic (exact) mass is 336 g/mol. The van der Waals surface area contributed by atoms with Gasteiger partial charge in [0.1, 0.15) is 5.82 Å². The van der Waals surface area contributed by atoms with Gasteiger partial charge in [-0.3, -0.25) is 4.99 Å². The van der Waals surface area contributed by atoms with E-state index in [0.29, 0.717) is 12.1 Å². The van der Waals surface area contributed by atoms with Gasteiger partial charge in [0.25, 0.3) is 0 Å². The van der Waals surface area contributed by atoms with E-state index in [0.717, 1.165) is 24.6 Å². The first-order valence-corrected chi connectivity index (χ1v) is 8.66.